The molecule has 0 unspecified atom stereocenters. The van der Waals surface area contributed by atoms with Gasteiger partial charge in [0.05, 0.1) is 12.4 Å². The van der Waals surface area contributed by atoms with E-state index in [4.69, 9.17) is 4.74 Å². The second kappa shape index (κ2) is 6.12. The Labute approximate surface area is 134 Å². The summed E-state index contributed by atoms with van der Waals surface area (Å²) in [6.45, 7) is 1.91. The van der Waals surface area contributed by atoms with Gasteiger partial charge in [0.1, 0.15) is 11.6 Å². The Hall–Kier alpha value is -1.82. The van der Waals surface area contributed by atoms with Gasteiger partial charge in [0.2, 0.25) is 0 Å². The number of nitrogens with zero attached hydrogens (tertiary/aromatic N) is 3. The van der Waals surface area contributed by atoms with Gasteiger partial charge in [0, 0.05) is 18.5 Å². The first-order valence-electron chi connectivity index (χ1n) is 7.34. The van der Waals surface area contributed by atoms with E-state index >= 15 is 0 Å². The maximum absolute atomic E-state index is 12.5. The topological polar surface area (TPSA) is 57.0 Å². The van der Waals surface area contributed by atoms with Crippen LogP contribution in [-0.4, -0.2) is 32.9 Å². The molecule has 1 heterocycles. The molecule has 0 N–H and O–H groups in total. The van der Waals surface area contributed by atoms with E-state index in [0.29, 0.717) is 11.5 Å². The van der Waals surface area contributed by atoms with E-state index in [-0.39, 0.29) is 11.0 Å². The van der Waals surface area contributed by atoms with Crippen molar-refractivity contribution in [2.24, 2.45) is 7.05 Å². The van der Waals surface area contributed by atoms with Gasteiger partial charge < -0.3 is 9.30 Å². The Bertz CT molecular complexity index is 677. The molecule has 1 aliphatic rings. The third kappa shape index (κ3) is 3.02. The Morgan fingerprint density at radius 2 is 2.00 bits per heavy atom. The molecular formula is C16H19N3O2S. The Morgan fingerprint density at radius 3 is 2.59 bits per heavy atom. The number of hydrogen-bond donors (Lipinski definition) is 0. The molecule has 1 fully saturated rings. The summed E-state index contributed by atoms with van der Waals surface area (Å²) < 4.78 is 7.13. The molecule has 22 heavy (non-hydrogen) atoms. The summed E-state index contributed by atoms with van der Waals surface area (Å²) in [6, 6.07) is 7.20. The molecular weight excluding hydrogens is 298 g/mol. The summed E-state index contributed by atoms with van der Waals surface area (Å²) in [4.78, 5) is 12.5. The van der Waals surface area contributed by atoms with Crippen LogP contribution >= 0.6 is 11.8 Å². The van der Waals surface area contributed by atoms with Gasteiger partial charge in [0.25, 0.3) is 0 Å². The van der Waals surface area contributed by atoms with Crippen LogP contribution in [0.1, 0.15) is 41.9 Å². The van der Waals surface area contributed by atoms with Gasteiger partial charge >= 0.3 is 0 Å². The summed E-state index contributed by atoms with van der Waals surface area (Å²) in [5, 5.41) is 9.07. The van der Waals surface area contributed by atoms with E-state index < -0.39 is 0 Å². The predicted molar refractivity (Wildman–Crippen MR) is 85.6 cm³/mol. The molecule has 0 amide bonds. The summed E-state index contributed by atoms with van der Waals surface area (Å²) in [5.41, 5.74) is 0.686. The van der Waals surface area contributed by atoms with Gasteiger partial charge in [-0.25, -0.2) is 0 Å². The lowest BCUT2D eigenvalue weighted by Gasteiger charge is -2.10. The Kier molecular flexibility index (Phi) is 4.20. The normalized spacial score (nSPS) is 15.6. The fourth-order valence-electron chi connectivity index (χ4n) is 2.33. The van der Waals surface area contributed by atoms with E-state index in [2.05, 4.69) is 10.2 Å². The van der Waals surface area contributed by atoms with Gasteiger partial charge in [0.15, 0.2) is 10.9 Å². The van der Waals surface area contributed by atoms with Crippen molar-refractivity contribution in [3.05, 3.63) is 35.7 Å². The molecule has 116 valence electrons. The molecule has 6 heteroatoms. The number of methoxy groups -OCH3 is 1. The maximum Gasteiger partial charge on any atom is 0.191 e. The SMILES string of the molecule is COc1ccc(C(=O)[C@H](C)Sc2nnc(C3CC3)n2C)cc1. The predicted octanol–water partition coefficient (Wildman–Crippen LogP) is 3.06. The monoisotopic (exact) mass is 317 g/mol. The largest absolute Gasteiger partial charge is 0.497 e. The number of Topliss-reactive ketones (excluding diaryl/α,β-unsaturated/α-hetero) is 1. The molecule has 1 atom stereocenters. The number of thioether (sulfide) groups is 1. The van der Waals surface area contributed by atoms with Crippen molar-refractivity contribution < 1.29 is 9.53 Å². The number of ketones is 1. The van der Waals surface area contributed by atoms with Crippen molar-refractivity contribution in [2.45, 2.75) is 36.1 Å². The zero-order valence-corrected chi connectivity index (χ0v) is 13.8. The highest BCUT2D eigenvalue weighted by molar-refractivity contribution is 8.00. The minimum atomic E-state index is -0.205. The van der Waals surface area contributed by atoms with Crippen LogP contribution in [0.15, 0.2) is 29.4 Å². The van der Waals surface area contributed by atoms with Gasteiger partial charge in [-0.05, 0) is 44.0 Å². The molecule has 1 aromatic carbocycles. The number of carbonyl (C=O) groups is 1. The molecule has 0 saturated heterocycles. The smallest absolute Gasteiger partial charge is 0.191 e. The van der Waals surface area contributed by atoms with Gasteiger partial charge in [-0.2, -0.15) is 0 Å². The van der Waals surface area contributed by atoms with Crippen molar-refractivity contribution in [1.82, 2.24) is 14.8 Å². The lowest BCUT2D eigenvalue weighted by atomic mass is 10.1. The van der Waals surface area contributed by atoms with Crippen molar-refractivity contribution in [1.29, 1.82) is 0 Å². The van der Waals surface area contributed by atoms with E-state index in [9.17, 15) is 4.79 Å². The molecule has 0 bridgehead atoms. The van der Waals surface area contributed by atoms with Crippen LogP contribution in [0.25, 0.3) is 0 Å². The lowest BCUT2D eigenvalue weighted by Crippen LogP contribution is -2.14. The van der Waals surface area contributed by atoms with Gasteiger partial charge in [-0.3, -0.25) is 4.79 Å². The highest BCUT2D eigenvalue weighted by Gasteiger charge is 2.30. The third-order valence-electron chi connectivity index (χ3n) is 3.84. The zero-order valence-electron chi connectivity index (χ0n) is 12.9. The number of benzene rings is 1. The molecule has 0 spiro atoms. The fraction of sp³-hybridized carbons (Fsp3) is 0.438. The molecule has 0 radical (unpaired) electrons. The van der Waals surface area contributed by atoms with Gasteiger partial charge in [-0.1, -0.05) is 11.8 Å². The van der Waals surface area contributed by atoms with Crippen LogP contribution in [0.5, 0.6) is 5.75 Å². The standard InChI is InChI=1S/C16H19N3O2S/c1-10(14(20)11-6-8-13(21-3)9-7-11)22-16-18-17-15(19(16)2)12-4-5-12/h6-10,12H,4-5H2,1-3H3/t10-/m0/s1. The van der Waals surface area contributed by atoms with E-state index in [0.717, 1.165) is 16.7 Å². The molecule has 1 aliphatic carbocycles. The van der Waals surface area contributed by atoms with E-state index in [1.165, 1.54) is 24.6 Å². The first-order chi connectivity index (χ1) is 10.6. The third-order valence-corrected chi connectivity index (χ3v) is 4.97. The van der Waals surface area contributed by atoms with Crippen LogP contribution in [-0.2, 0) is 7.05 Å². The number of ether oxygens (including phenoxy) is 1. The molecule has 1 saturated carbocycles. The van der Waals surface area contributed by atoms with Crippen LogP contribution in [0.4, 0.5) is 0 Å². The number of carbonyl (C=O) groups excluding carboxylic acids is 1. The molecule has 1 aromatic heterocycles. The highest BCUT2D eigenvalue weighted by Crippen LogP contribution is 2.39. The second-order valence-corrected chi connectivity index (χ2v) is 6.83. The summed E-state index contributed by atoms with van der Waals surface area (Å²) in [5.74, 6) is 2.42. The fourth-order valence-corrected chi connectivity index (χ4v) is 3.23. The molecule has 5 nitrogen and oxygen atoms in total. The summed E-state index contributed by atoms with van der Waals surface area (Å²) in [7, 11) is 3.58. The summed E-state index contributed by atoms with van der Waals surface area (Å²) in [6.07, 6.45) is 2.38. The van der Waals surface area contributed by atoms with Gasteiger partial charge in [-0.15, -0.1) is 10.2 Å². The number of aromatic nitrogens is 3. The Morgan fingerprint density at radius 1 is 1.32 bits per heavy atom. The average molecular weight is 317 g/mol. The van der Waals surface area contributed by atoms with E-state index in [1.807, 2.05) is 18.5 Å². The van der Waals surface area contributed by atoms with E-state index in [1.54, 1.807) is 31.4 Å². The quantitative estimate of drug-likeness (QED) is 0.605. The Balaban J connectivity index is 1.70. The summed E-state index contributed by atoms with van der Waals surface area (Å²) >= 11 is 1.46. The van der Waals surface area contributed by atoms with Crippen molar-refractivity contribution in [3.8, 4) is 5.75 Å². The number of rotatable bonds is 6. The zero-order chi connectivity index (χ0) is 15.7. The van der Waals surface area contributed by atoms with Crippen LogP contribution < -0.4 is 4.74 Å². The lowest BCUT2D eigenvalue weighted by molar-refractivity contribution is 0.0994. The van der Waals surface area contributed by atoms with Crippen LogP contribution in [0.2, 0.25) is 0 Å². The average Bonchev–Trinajstić information content (AvgIpc) is 3.32. The highest BCUT2D eigenvalue weighted by atomic mass is 32.2. The first-order valence-corrected chi connectivity index (χ1v) is 8.22. The minimum Gasteiger partial charge on any atom is -0.497 e. The first kappa shape index (κ1) is 15.1. The molecule has 2 aromatic rings. The van der Waals surface area contributed by atoms with Crippen molar-refractivity contribution >= 4 is 17.5 Å². The minimum absolute atomic E-state index is 0.0867. The second-order valence-electron chi connectivity index (χ2n) is 5.53. The van der Waals surface area contributed by atoms with Crippen LogP contribution in [0, 0.1) is 0 Å². The van der Waals surface area contributed by atoms with Crippen LogP contribution in [0.3, 0.4) is 0 Å². The molecule has 0 aliphatic heterocycles. The molecule has 3 rings (SSSR count). The number of hydrogen-bond acceptors (Lipinski definition) is 5. The van der Waals surface area contributed by atoms with Crippen molar-refractivity contribution in [3.63, 3.8) is 0 Å². The van der Waals surface area contributed by atoms with Crippen molar-refractivity contribution in [2.75, 3.05) is 7.11 Å². The maximum atomic E-state index is 12.5.